The number of nitrogens with one attached hydrogen (secondary N) is 1. The summed E-state index contributed by atoms with van der Waals surface area (Å²) in [4.78, 5) is 15.2. The number of rotatable bonds is 3. The van der Waals surface area contributed by atoms with Crippen LogP contribution in [-0.2, 0) is 4.74 Å². The molecule has 0 aliphatic carbocycles. The number of ether oxygens (including phenoxy) is 1. The van der Waals surface area contributed by atoms with Gasteiger partial charge in [-0.2, -0.15) is 0 Å². The third kappa shape index (κ3) is 3.17. The number of carboxylic acids is 1. The van der Waals surface area contributed by atoms with Crippen LogP contribution in [0.25, 0.3) is 0 Å². The number of carbonyl (C=O) groups is 1. The number of halogens is 1. The van der Waals surface area contributed by atoms with Gasteiger partial charge in [0.1, 0.15) is 11.4 Å². The molecule has 0 radical (unpaired) electrons. The summed E-state index contributed by atoms with van der Waals surface area (Å²) >= 11 is 3.21. The summed E-state index contributed by atoms with van der Waals surface area (Å²) < 4.78 is 5.98. The van der Waals surface area contributed by atoms with Gasteiger partial charge in [-0.3, -0.25) is 0 Å². The molecule has 92 valence electrons. The summed E-state index contributed by atoms with van der Waals surface area (Å²) in [5.74, 6) is -0.589. The summed E-state index contributed by atoms with van der Waals surface area (Å²) in [7, 11) is 0. The average Bonchev–Trinajstić information content (AvgIpc) is 2.32. The molecule has 0 aromatic carbocycles. The van der Waals surface area contributed by atoms with E-state index in [0.29, 0.717) is 16.9 Å². The molecule has 1 aliphatic heterocycles. The number of hydrogen-bond acceptors (Lipinski definition) is 4. The molecule has 1 aliphatic rings. The molecule has 2 heterocycles. The normalized spacial score (nSPS) is 19.9. The van der Waals surface area contributed by atoms with Crippen LogP contribution in [0.1, 0.15) is 23.2 Å². The average molecular weight is 301 g/mol. The van der Waals surface area contributed by atoms with E-state index in [4.69, 9.17) is 9.84 Å². The van der Waals surface area contributed by atoms with Crippen LogP contribution in [0.3, 0.4) is 0 Å². The van der Waals surface area contributed by atoms with Gasteiger partial charge in [-0.25, -0.2) is 9.78 Å². The van der Waals surface area contributed by atoms with E-state index in [1.54, 1.807) is 12.3 Å². The second-order valence-corrected chi connectivity index (χ2v) is 4.83. The first-order valence-corrected chi connectivity index (χ1v) is 6.19. The highest BCUT2D eigenvalue weighted by Gasteiger charge is 2.18. The predicted molar refractivity (Wildman–Crippen MR) is 66.4 cm³/mol. The maximum Gasteiger partial charge on any atom is 0.339 e. The molecular weight excluding hydrogens is 288 g/mol. The zero-order chi connectivity index (χ0) is 12.3. The Labute approximate surface area is 107 Å². The summed E-state index contributed by atoms with van der Waals surface area (Å²) in [6, 6.07) is 1.68. The standard InChI is InChI=1S/C11H13BrN2O3/c12-7-4-9(11(15)16)10(13-5-7)14-8-2-1-3-17-6-8/h4-5,8H,1-3,6H2,(H,13,14)(H,15,16). The smallest absolute Gasteiger partial charge is 0.339 e. The molecule has 0 spiro atoms. The number of nitrogens with zero attached hydrogens (tertiary/aromatic N) is 1. The Bertz CT molecular complexity index is 419. The number of aromatic nitrogens is 1. The van der Waals surface area contributed by atoms with Crippen molar-refractivity contribution in [1.82, 2.24) is 4.98 Å². The first-order valence-electron chi connectivity index (χ1n) is 5.40. The number of aromatic carboxylic acids is 1. The van der Waals surface area contributed by atoms with Crippen molar-refractivity contribution in [3.63, 3.8) is 0 Å². The van der Waals surface area contributed by atoms with Crippen molar-refractivity contribution in [1.29, 1.82) is 0 Å². The van der Waals surface area contributed by atoms with E-state index in [9.17, 15) is 4.79 Å². The molecular formula is C11H13BrN2O3. The molecule has 1 atom stereocenters. The highest BCUT2D eigenvalue weighted by atomic mass is 79.9. The Balaban J connectivity index is 2.16. The minimum absolute atomic E-state index is 0.135. The highest BCUT2D eigenvalue weighted by molar-refractivity contribution is 9.10. The molecule has 0 bridgehead atoms. The topological polar surface area (TPSA) is 71.5 Å². The van der Waals surface area contributed by atoms with Gasteiger partial charge in [-0.15, -0.1) is 0 Å². The monoisotopic (exact) mass is 300 g/mol. The predicted octanol–water partition coefficient (Wildman–Crippen LogP) is 2.13. The molecule has 1 aromatic heterocycles. The van der Waals surface area contributed by atoms with Gasteiger partial charge in [-0.1, -0.05) is 0 Å². The van der Waals surface area contributed by atoms with Gasteiger partial charge < -0.3 is 15.2 Å². The van der Waals surface area contributed by atoms with Gasteiger partial charge in [0, 0.05) is 17.3 Å². The van der Waals surface area contributed by atoms with Gasteiger partial charge in [0.2, 0.25) is 0 Å². The van der Waals surface area contributed by atoms with E-state index in [0.717, 1.165) is 19.4 Å². The third-order valence-corrected chi connectivity index (χ3v) is 3.02. The lowest BCUT2D eigenvalue weighted by Crippen LogP contribution is -2.31. The quantitative estimate of drug-likeness (QED) is 0.895. The van der Waals surface area contributed by atoms with E-state index < -0.39 is 5.97 Å². The van der Waals surface area contributed by atoms with Crippen LogP contribution < -0.4 is 5.32 Å². The van der Waals surface area contributed by atoms with E-state index in [-0.39, 0.29) is 11.6 Å². The van der Waals surface area contributed by atoms with Crippen molar-refractivity contribution in [2.24, 2.45) is 0 Å². The van der Waals surface area contributed by atoms with Crippen molar-refractivity contribution < 1.29 is 14.6 Å². The van der Waals surface area contributed by atoms with Gasteiger partial charge in [0.25, 0.3) is 0 Å². The van der Waals surface area contributed by atoms with Gasteiger partial charge in [0.15, 0.2) is 0 Å². The molecule has 0 amide bonds. The minimum Gasteiger partial charge on any atom is -0.478 e. The van der Waals surface area contributed by atoms with Gasteiger partial charge in [-0.05, 0) is 34.8 Å². The van der Waals surface area contributed by atoms with Crippen molar-refractivity contribution in [2.75, 3.05) is 18.5 Å². The lowest BCUT2D eigenvalue weighted by molar-refractivity contribution is 0.0696. The zero-order valence-corrected chi connectivity index (χ0v) is 10.7. The van der Waals surface area contributed by atoms with E-state index in [2.05, 4.69) is 26.2 Å². The van der Waals surface area contributed by atoms with Crippen LogP contribution in [0.2, 0.25) is 0 Å². The lowest BCUT2D eigenvalue weighted by atomic mass is 10.1. The van der Waals surface area contributed by atoms with Crippen LogP contribution in [0.5, 0.6) is 0 Å². The number of hydrogen-bond donors (Lipinski definition) is 2. The molecule has 6 heteroatoms. The molecule has 17 heavy (non-hydrogen) atoms. The maximum atomic E-state index is 11.1. The van der Waals surface area contributed by atoms with Crippen molar-refractivity contribution >= 4 is 27.7 Å². The minimum atomic E-state index is -0.988. The fraction of sp³-hybridized carbons (Fsp3) is 0.455. The summed E-state index contributed by atoms with van der Waals surface area (Å²) in [6.07, 6.45) is 3.53. The van der Waals surface area contributed by atoms with Crippen LogP contribution in [0.15, 0.2) is 16.7 Å². The Morgan fingerprint density at radius 3 is 3.12 bits per heavy atom. The Hall–Kier alpha value is -1.14. The zero-order valence-electron chi connectivity index (χ0n) is 9.15. The van der Waals surface area contributed by atoms with Crippen LogP contribution in [0.4, 0.5) is 5.82 Å². The summed E-state index contributed by atoms with van der Waals surface area (Å²) in [5.41, 5.74) is 0.171. The van der Waals surface area contributed by atoms with Crippen molar-refractivity contribution in [3.8, 4) is 0 Å². The second kappa shape index (κ2) is 5.46. The number of carboxylic acid groups (broad SMARTS) is 1. The summed E-state index contributed by atoms with van der Waals surface area (Å²) in [5, 5.41) is 12.2. The Morgan fingerprint density at radius 1 is 1.65 bits per heavy atom. The van der Waals surface area contributed by atoms with Crippen molar-refractivity contribution in [3.05, 3.63) is 22.3 Å². The largest absolute Gasteiger partial charge is 0.478 e. The van der Waals surface area contributed by atoms with Gasteiger partial charge in [0.05, 0.1) is 12.6 Å². The molecule has 2 N–H and O–H groups in total. The molecule has 1 aromatic rings. The van der Waals surface area contributed by atoms with Crippen molar-refractivity contribution in [2.45, 2.75) is 18.9 Å². The first kappa shape index (κ1) is 12.3. The molecule has 2 rings (SSSR count). The highest BCUT2D eigenvalue weighted by Crippen LogP contribution is 2.20. The van der Waals surface area contributed by atoms with Crippen LogP contribution in [0, 0.1) is 0 Å². The lowest BCUT2D eigenvalue weighted by Gasteiger charge is -2.24. The fourth-order valence-electron chi connectivity index (χ4n) is 1.77. The maximum absolute atomic E-state index is 11.1. The molecule has 1 saturated heterocycles. The molecule has 1 fully saturated rings. The van der Waals surface area contributed by atoms with Gasteiger partial charge >= 0.3 is 5.97 Å². The molecule has 5 nitrogen and oxygen atoms in total. The van der Waals surface area contributed by atoms with E-state index in [1.807, 2.05) is 0 Å². The van der Waals surface area contributed by atoms with Crippen LogP contribution in [-0.4, -0.2) is 35.3 Å². The Morgan fingerprint density at radius 2 is 2.47 bits per heavy atom. The molecule has 1 unspecified atom stereocenters. The second-order valence-electron chi connectivity index (χ2n) is 3.91. The number of anilines is 1. The molecule has 0 saturated carbocycles. The fourth-order valence-corrected chi connectivity index (χ4v) is 2.10. The number of pyridine rings is 1. The van der Waals surface area contributed by atoms with Crippen LogP contribution >= 0.6 is 15.9 Å². The Kier molecular flexibility index (Phi) is 3.96. The SMILES string of the molecule is O=C(O)c1cc(Br)cnc1NC1CCCOC1. The van der Waals surface area contributed by atoms with E-state index >= 15 is 0 Å². The summed E-state index contributed by atoms with van der Waals surface area (Å²) in [6.45, 7) is 1.37. The third-order valence-electron chi connectivity index (χ3n) is 2.59. The van der Waals surface area contributed by atoms with E-state index in [1.165, 1.54) is 0 Å². The first-order chi connectivity index (χ1) is 8.16.